The summed E-state index contributed by atoms with van der Waals surface area (Å²) in [7, 11) is 0. The van der Waals surface area contributed by atoms with Crippen LogP contribution in [0.15, 0.2) is 100 Å². The van der Waals surface area contributed by atoms with E-state index < -0.39 is 17.8 Å². The molecule has 0 radical (unpaired) electrons. The number of fused-ring (bicyclic) bond motifs is 2. The topological polar surface area (TPSA) is 91.9 Å². The first-order valence-corrected chi connectivity index (χ1v) is 15.4. The molecule has 1 aliphatic rings. The number of carbonyl (C=O) groups is 2. The fourth-order valence-electron chi connectivity index (χ4n) is 5.57. The highest BCUT2D eigenvalue weighted by atomic mass is 32.1. The minimum atomic E-state index is -0.818. The van der Waals surface area contributed by atoms with E-state index in [4.69, 9.17) is 9.47 Å². The quantitative estimate of drug-likeness (QED) is 0.224. The highest BCUT2D eigenvalue weighted by molar-refractivity contribution is 7.07. The van der Waals surface area contributed by atoms with E-state index in [9.17, 15) is 18.8 Å². The van der Waals surface area contributed by atoms with Gasteiger partial charge in [-0.2, -0.15) is 0 Å². The van der Waals surface area contributed by atoms with Crippen molar-refractivity contribution in [3.05, 3.63) is 138 Å². The van der Waals surface area contributed by atoms with E-state index >= 15 is 0 Å². The van der Waals surface area contributed by atoms with Gasteiger partial charge in [-0.3, -0.25) is 9.36 Å². The molecule has 2 aromatic heterocycles. The van der Waals surface area contributed by atoms with Crippen molar-refractivity contribution in [1.82, 2.24) is 9.13 Å². The van der Waals surface area contributed by atoms with Crippen LogP contribution in [-0.4, -0.2) is 34.3 Å². The molecular formula is C35H30FN3O5S. The third kappa shape index (κ3) is 5.76. The normalized spacial score (nSPS) is 14.8. The maximum Gasteiger partial charge on any atom is 0.338 e. The molecule has 6 rings (SSSR count). The number of hydrogen-bond acceptors (Lipinski definition) is 7. The number of allylic oxidation sites excluding steroid dienone is 1. The number of hydrogen-bond donors (Lipinski definition) is 0. The number of ether oxygens (including phenoxy) is 2. The van der Waals surface area contributed by atoms with E-state index in [1.165, 1.54) is 28.0 Å². The molecule has 0 amide bonds. The van der Waals surface area contributed by atoms with E-state index in [1.54, 1.807) is 45.0 Å². The van der Waals surface area contributed by atoms with E-state index in [0.29, 0.717) is 39.3 Å². The number of thiazole rings is 1. The Morgan fingerprint density at radius 1 is 0.956 bits per heavy atom. The SMILES string of the molecule is CCOC(=O)C1=C(C)N=c2s/c(=C\c3cn(Cc4ccc(C(=O)OCC)cc4)c4ccccc34)c(=O)n2[C@H]1c1ccc(F)cc1. The lowest BCUT2D eigenvalue weighted by molar-refractivity contribution is -0.139. The molecule has 0 N–H and O–H groups in total. The van der Waals surface area contributed by atoms with Crippen LogP contribution >= 0.6 is 11.3 Å². The number of benzene rings is 3. The highest BCUT2D eigenvalue weighted by Gasteiger charge is 2.33. The molecule has 228 valence electrons. The first-order valence-electron chi connectivity index (χ1n) is 14.6. The van der Waals surface area contributed by atoms with Crippen LogP contribution in [0.5, 0.6) is 0 Å². The Labute approximate surface area is 262 Å². The van der Waals surface area contributed by atoms with Gasteiger partial charge in [-0.1, -0.05) is 53.8 Å². The molecule has 10 heteroatoms. The van der Waals surface area contributed by atoms with Crippen LogP contribution in [0.1, 0.15) is 53.9 Å². The van der Waals surface area contributed by atoms with Crippen molar-refractivity contribution in [3.63, 3.8) is 0 Å². The van der Waals surface area contributed by atoms with Crippen molar-refractivity contribution >= 4 is 40.3 Å². The Kier molecular flexibility index (Phi) is 8.32. The number of nitrogens with zero attached hydrogens (tertiary/aromatic N) is 3. The van der Waals surface area contributed by atoms with E-state index in [-0.39, 0.29) is 23.7 Å². The van der Waals surface area contributed by atoms with Gasteiger partial charge in [-0.25, -0.2) is 19.0 Å². The van der Waals surface area contributed by atoms with Gasteiger partial charge in [0.1, 0.15) is 5.82 Å². The lowest BCUT2D eigenvalue weighted by Gasteiger charge is -2.24. The van der Waals surface area contributed by atoms with Crippen LogP contribution < -0.4 is 14.9 Å². The minimum Gasteiger partial charge on any atom is -0.463 e. The van der Waals surface area contributed by atoms with Crippen molar-refractivity contribution in [2.75, 3.05) is 13.2 Å². The van der Waals surface area contributed by atoms with Gasteiger partial charge in [-0.05, 0) is 68.3 Å². The van der Waals surface area contributed by atoms with Crippen LogP contribution in [0, 0.1) is 5.82 Å². The van der Waals surface area contributed by atoms with Crippen LogP contribution in [0.4, 0.5) is 4.39 Å². The predicted molar refractivity (Wildman–Crippen MR) is 170 cm³/mol. The standard InChI is InChI=1S/C35H30FN3O5S/c1-4-43-33(41)24-12-10-22(11-13-24)19-38-20-25(27-8-6-7-9-28(27)38)18-29-32(40)39-31(23-14-16-26(36)17-15-23)30(34(42)44-5-2)21(3)37-35(39)45-29/h6-18,20,31H,4-5,19H2,1-3H3/b29-18-/t31-/m0/s1. The number of rotatable bonds is 8. The van der Waals surface area contributed by atoms with Gasteiger partial charge in [-0.15, -0.1) is 0 Å². The summed E-state index contributed by atoms with van der Waals surface area (Å²) in [6.07, 6.45) is 3.84. The summed E-state index contributed by atoms with van der Waals surface area (Å²) < 4.78 is 28.3. The molecule has 5 aromatic rings. The van der Waals surface area contributed by atoms with Gasteiger partial charge in [0.2, 0.25) is 0 Å². The number of para-hydroxylation sites is 1. The van der Waals surface area contributed by atoms with Crippen molar-refractivity contribution < 1.29 is 23.5 Å². The Hall–Kier alpha value is -5.09. The third-order valence-electron chi connectivity index (χ3n) is 7.63. The van der Waals surface area contributed by atoms with Gasteiger partial charge >= 0.3 is 11.9 Å². The molecular weight excluding hydrogens is 593 g/mol. The number of carbonyl (C=O) groups excluding carboxylic acids is 2. The first-order chi connectivity index (χ1) is 21.8. The fraction of sp³-hybridized carbons (Fsp3) is 0.200. The third-order valence-corrected chi connectivity index (χ3v) is 8.61. The lowest BCUT2D eigenvalue weighted by Crippen LogP contribution is -2.39. The zero-order valence-electron chi connectivity index (χ0n) is 25.0. The molecule has 8 nitrogen and oxygen atoms in total. The molecule has 3 heterocycles. The average molecular weight is 624 g/mol. The number of aromatic nitrogens is 2. The van der Waals surface area contributed by atoms with E-state index in [1.807, 2.05) is 48.7 Å². The molecule has 0 aliphatic carbocycles. The Bertz CT molecular complexity index is 2140. The lowest BCUT2D eigenvalue weighted by atomic mass is 9.96. The van der Waals surface area contributed by atoms with Crippen molar-refractivity contribution in [2.45, 2.75) is 33.4 Å². The summed E-state index contributed by atoms with van der Waals surface area (Å²) in [6, 6.07) is 20.2. The van der Waals surface area contributed by atoms with Crippen molar-refractivity contribution in [2.24, 2.45) is 4.99 Å². The maximum absolute atomic E-state index is 14.1. The largest absolute Gasteiger partial charge is 0.463 e. The van der Waals surface area contributed by atoms with Crippen LogP contribution in [-0.2, 0) is 20.8 Å². The van der Waals surface area contributed by atoms with Crippen molar-refractivity contribution in [1.29, 1.82) is 0 Å². The Morgan fingerprint density at radius 2 is 1.64 bits per heavy atom. The van der Waals surface area contributed by atoms with Gasteiger partial charge in [0.05, 0.1) is 40.6 Å². The van der Waals surface area contributed by atoms with Crippen LogP contribution in [0.25, 0.3) is 17.0 Å². The highest BCUT2D eigenvalue weighted by Crippen LogP contribution is 2.31. The summed E-state index contributed by atoms with van der Waals surface area (Å²) >= 11 is 1.23. The van der Waals surface area contributed by atoms with Gasteiger partial charge in [0.25, 0.3) is 5.56 Å². The molecule has 0 saturated heterocycles. The Morgan fingerprint density at radius 3 is 2.36 bits per heavy atom. The number of halogens is 1. The monoisotopic (exact) mass is 623 g/mol. The van der Waals surface area contributed by atoms with E-state index in [2.05, 4.69) is 9.56 Å². The molecule has 0 bridgehead atoms. The second-order valence-electron chi connectivity index (χ2n) is 10.5. The van der Waals surface area contributed by atoms with Crippen LogP contribution in [0.3, 0.4) is 0 Å². The summed E-state index contributed by atoms with van der Waals surface area (Å²) in [5, 5.41) is 0.963. The molecule has 0 unspecified atom stereocenters. The second kappa shape index (κ2) is 12.5. The summed E-state index contributed by atoms with van der Waals surface area (Å²) in [4.78, 5) is 44.3. The average Bonchev–Trinajstić information content (AvgIpc) is 3.53. The molecule has 0 saturated carbocycles. The fourth-order valence-corrected chi connectivity index (χ4v) is 6.61. The van der Waals surface area contributed by atoms with Gasteiger partial charge < -0.3 is 14.0 Å². The second-order valence-corrected chi connectivity index (χ2v) is 11.5. The van der Waals surface area contributed by atoms with Crippen LogP contribution in [0.2, 0.25) is 0 Å². The summed E-state index contributed by atoms with van der Waals surface area (Å²) in [5.74, 6) is -1.35. The maximum atomic E-state index is 14.1. The first kappa shape index (κ1) is 30.0. The summed E-state index contributed by atoms with van der Waals surface area (Å²) in [5.41, 5.74) is 4.27. The van der Waals surface area contributed by atoms with Gasteiger partial charge in [0, 0.05) is 29.2 Å². The predicted octanol–water partition coefficient (Wildman–Crippen LogP) is 5.12. The molecule has 1 aliphatic heterocycles. The Balaban J connectivity index is 1.44. The number of esters is 2. The molecule has 0 fully saturated rings. The zero-order valence-corrected chi connectivity index (χ0v) is 25.8. The van der Waals surface area contributed by atoms with Gasteiger partial charge in [0.15, 0.2) is 4.80 Å². The van der Waals surface area contributed by atoms with Crippen molar-refractivity contribution in [3.8, 4) is 0 Å². The minimum absolute atomic E-state index is 0.162. The smallest absolute Gasteiger partial charge is 0.338 e. The summed E-state index contributed by atoms with van der Waals surface area (Å²) in [6.45, 7) is 6.23. The zero-order chi connectivity index (χ0) is 31.7. The molecule has 45 heavy (non-hydrogen) atoms. The van der Waals surface area contributed by atoms with E-state index in [0.717, 1.165) is 22.0 Å². The molecule has 3 aromatic carbocycles. The molecule has 1 atom stereocenters. The molecule has 0 spiro atoms.